The highest BCUT2D eigenvalue weighted by Gasteiger charge is 2.47. The molecule has 0 aliphatic carbocycles. The molecule has 2 fully saturated rings. The minimum absolute atomic E-state index is 0.130. The summed E-state index contributed by atoms with van der Waals surface area (Å²) in [5, 5.41) is -1.03. The zero-order chi connectivity index (χ0) is 25.4. The van der Waals surface area contributed by atoms with Crippen LogP contribution in [0.15, 0.2) is 58.3 Å². The van der Waals surface area contributed by atoms with Crippen LogP contribution in [0.4, 0.5) is 0 Å². The molecule has 2 saturated heterocycles. The Hall–Kier alpha value is -1.24. The fourth-order valence-electron chi connectivity index (χ4n) is 3.89. The van der Waals surface area contributed by atoms with Crippen LogP contribution in [-0.2, 0) is 38.6 Å². The van der Waals surface area contributed by atoms with Gasteiger partial charge in [-0.05, 0) is 62.4 Å². The predicted molar refractivity (Wildman–Crippen MR) is 130 cm³/mol. The molecule has 2 heterocycles. The third-order valence-corrected chi connectivity index (χ3v) is 11.0. The normalized spacial score (nSPS) is 27.4. The summed E-state index contributed by atoms with van der Waals surface area (Å²) in [6, 6.07) is 11.8. The maximum Gasteiger partial charge on any atom is 0.185 e. The third-order valence-electron chi connectivity index (χ3n) is 6.24. The number of ether oxygens (including phenoxy) is 4. The Morgan fingerprint density at radius 1 is 0.657 bits per heavy atom. The summed E-state index contributed by atoms with van der Waals surface area (Å²) in [4.78, 5) is 0.259. The van der Waals surface area contributed by atoms with Crippen molar-refractivity contribution in [3.05, 3.63) is 58.6 Å². The first-order chi connectivity index (χ1) is 16.4. The van der Waals surface area contributed by atoms with Gasteiger partial charge in [-0.2, -0.15) is 0 Å². The highest BCUT2D eigenvalue weighted by atomic mass is 35.5. The van der Waals surface area contributed by atoms with E-state index in [1.165, 1.54) is 62.4 Å². The van der Waals surface area contributed by atoms with Gasteiger partial charge in [0, 0.05) is 10.0 Å². The molecule has 4 rings (SSSR count). The third kappa shape index (κ3) is 5.55. The zero-order valence-electron chi connectivity index (χ0n) is 19.1. The summed E-state index contributed by atoms with van der Waals surface area (Å²) in [5.74, 6) is 0. The van der Waals surface area contributed by atoms with E-state index in [1.54, 1.807) is 0 Å². The van der Waals surface area contributed by atoms with Crippen LogP contribution >= 0.6 is 23.2 Å². The van der Waals surface area contributed by atoms with E-state index in [1.807, 2.05) is 0 Å². The summed E-state index contributed by atoms with van der Waals surface area (Å²) in [6.07, 6.45) is -1.94. The van der Waals surface area contributed by atoms with Crippen LogP contribution in [0.1, 0.15) is 13.8 Å². The average molecular weight is 565 g/mol. The first kappa shape index (κ1) is 26.8. The van der Waals surface area contributed by atoms with Gasteiger partial charge in [-0.1, -0.05) is 23.2 Å². The van der Waals surface area contributed by atoms with Gasteiger partial charge in [0.05, 0.1) is 41.6 Å². The highest BCUT2D eigenvalue weighted by molar-refractivity contribution is 7.92. The Morgan fingerprint density at radius 3 is 1.23 bits per heavy atom. The lowest BCUT2D eigenvalue weighted by Crippen LogP contribution is -2.56. The van der Waals surface area contributed by atoms with Crippen molar-refractivity contribution in [3.8, 4) is 0 Å². The minimum Gasteiger partial charge on any atom is -0.350 e. The van der Waals surface area contributed by atoms with Crippen molar-refractivity contribution in [1.82, 2.24) is 0 Å². The monoisotopic (exact) mass is 564 g/mol. The Labute approximate surface area is 215 Å². The molecule has 0 N–H and O–H groups in total. The van der Waals surface area contributed by atoms with Crippen molar-refractivity contribution in [2.45, 2.75) is 46.7 Å². The van der Waals surface area contributed by atoms with Crippen molar-refractivity contribution in [3.63, 3.8) is 0 Å². The second kappa shape index (κ2) is 10.3. The van der Waals surface area contributed by atoms with Crippen LogP contribution in [-0.4, -0.2) is 66.3 Å². The van der Waals surface area contributed by atoms with Crippen LogP contribution in [0.2, 0.25) is 10.0 Å². The summed E-state index contributed by atoms with van der Waals surface area (Å²) in [6.45, 7) is 3.62. The number of hydrogen-bond acceptors (Lipinski definition) is 8. The predicted octanol–water partition coefficient (Wildman–Crippen LogP) is 3.75. The molecule has 0 radical (unpaired) electrons. The van der Waals surface area contributed by atoms with E-state index in [2.05, 4.69) is 0 Å². The van der Waals surface area contributed by atoms with Gasteiger partial charge in [-0.3, -0.25) is 0 Å². The quantitative estimate of drug-likeness (QED) is 0.522. The number of halogens is 2. The van der Waals surface area contributed by atoms with Gasteiger partial charge in [0.1, 0.15) is 10.5 Å². The fourth-order valence-corrected chi connectivity index (χ4v) is 6.94. The molecule has 2 aromatic rings. The molecule has 192 valence electrons. The largest absolute Gasteiger partial charge is 0.350 e. The molecule has 2 aliphatic rings. The topological polar surface area (TPSA) is 105 Å². The molecule has 0 saturated carbocycles. The second-order valence-electron chi connectivity index (χ2n) is 8.89. The number of benzene rings is 2. The van der Waals surface area contributed by atoms with Gasteiger partial charge in [-0.25, -0.2) is 16.8 Å². The Morgan fingerprint density at radius 2 is 0.943 bits per heavy atom. The Kier molecular flexibility index (Phi) is 7.86. The van der Waals surface area contributed by atoms with E-state index in [0.717, 1.165) is 0 Å². The van der Waals surface area contributed by atoms with Crippen LogP contribution in [0.3, 0.4) is 0 Å². The van der Waals surface area contributed by atoms with E-state index in [0.29, 0.717) is 10.0 Å². The first-order valence-corrected chi connectivity index (χ1v) is 14.7. The SMILES string of the molecule is C[C@H](C1OCC2(CO1)COC([C@@H](C)S(=O)(=O)c1ccc(Cl)cc1)OC2)S(=O)(=O)c1ccc(Cl)cc1. The zero-order valence-corrected chi connectivity index (χ0v) is 22.2. The van der Waals surface area contributed by atoms with E-state index < -0.39 is 48.2 Å². The molecule has 0 bridgehead atoms. The summed E-state index contributed by atoms with van der Waals surface area (Å²) in [7, 11) is -7.42. The number of sulfone groups is 2. The van der Waals surface area contributed by atoms with Crippen LogP contribution in [0, 0.1) is 5.41 Å². The molecule has 2 aromatic carbocycles. The molecule has 0 aromatic heterocycles. The van der Waals surface area contributed by atoms with Crippen LogP contribution in [0.25, 0.3) is 0 Å². The maximum atomic E-state index is 12.9. The molecular weight excluding hydrogens is 539 g/mol. The van der Waals surface area contributed by atoms with E-state index in [4.69, 9.17) is 42.1 Å². The fraction of sp³-hybridized carbons (Fsp3) is 0.478. The molecule has 2 aliphatic heterocycles. The summed E-state index contributed by atoms with van der Waals surface area (Å²) < 4.78 is 74.9. The molecule has 0 unspecified atom stereocenters. The van der Waals surface area contributed by atoms with E-state index in [9.17, 15) is 16.8 Å². The van der Waals surface area contributed by atoms with Crippen LogP contribution in [0.5, 0.6) is 0 Å². The lowest BCUT2D eigenvalue weighted by molar-refractivity contribution is -0.300. The Balaban J connectivity index is 1.35. The lowest BCUT2D eigenvalue weighted by atomic mass is 9.90. The van der Waals surface area contributed by atoms with E-state index >= 15 is 0 Å². The molecule has 2 atom stereocenters. The standard InChI is InChI=1S/C23H26Cl2O8S2/c1-15(34(26,27)19-7-3-17(24)4-8-19)21-30-11-23(12-31-21)13-32-22(33-14-23)16(2)35(28,29)20-9-5-18(25)6-10-20/h3-10,15-16,21-22H,11-14H2,1-2H3/t15-,16-,21?,22?,23?/m1/s1. The first-order valence-electron chi connectivity index (χ1n) is 10.9. The van der Waals surface area contributed by atoms with Gasteiger partial charge in [0.15, 0.2) is 32.3 Å². The van der Waals surface area contributed by atoms with Gasteiger partial charge in [0.2, 0.25) is 0 Å². The molecule has 1 spiro atoms. The van der Waals surface area contributed by atoms with Crippen molar-refractivity contribution in [2.75, 3.05) is 26.4 Å². The van der Waals surface area contributed by atoms with Crippen molar-refractivity contribution < 1.29 is 35.8 Å². The van der Waals surface area contributed by atoms with Gasteiger partial charge < -0.3 is 18.9 Å². The van der Waals surface area contributed by atoms with Crippen molar-refractivity contribution in [1.29, 1.82) is 0 Å². The summed E-state index contributed by atoms with van der Waals surface area (Å²) in [5.41, 5.74) is -0.666. The van der Waals surface area contributed by atoms with Crippen LogP contribution < -0.4 is 0 Å². The Bertz CT molecular complexity index is 1130. The van der Waals surface area contributed by atoms with Gasteiger partial charge in [0.25, 0.3) is 0 Å². The summed E-state index contributed by atoms with van der Waals surface area (Å²) >= 11 is 11.7. The molecule has 0 amide bonds. The highest BCUT2D eigenvalue weighted by Crippen LogP contribution is 2.35. The van der Waals surface area contributed by atoms with Gasteiger partial charge in [-0.15, -0.1) is 0 Å². The number of hydrogen-bond donors (Lipinski definition) is 0. The second-order valence-corrected chi connectivity index (χ2v) is 14.4. The van der Waals surface area contributed by atoms with Gasteiger partial charge >= 0.3 is 0 Å². The van der Waals surface area contributed by atoms with Crippen molar-refractivity contribution >= 4 is 42.9 Å². The maximum absolute atomic E-state index is 12.9. The van der Waals surface area contributed by atoms with Crippen molar-refractivity contribution in [2.24, 2.45) is 5.41 Å². The minimum atomic E-state index is -3.71. The molecule has 35 heavy (non-hydrogen) atoms. The molecule has 8 nitrogen and oxygen atoms in total. The van der Waals surface area contributed by atoms with E-state index in [-0.39, 0.29) is 36.2 Å². The average Bonchev–Trinajstić information content (AvgIpc) is 2.85. The smallest absolute Gasteiger partial charge is 0.185 e. The molecular formula is C23H26Cl2O8S2. The molecule has 12 heteroatoms. The number of rotatable bonds is 6. The lowest BCUT2D eigenvalue weighted by Gasteiger charge is -2.45.